The van der Waals surface area contributed by atoms with Gasteiger partial charge in [-0.25, -0.2) is 9.97 Å². The number of hydrogen-bond donors (Lipinski definition) is 1. The molecule has 0 fully saturated rings. The SMILES string of the molecule is CCc1nc(C(C)C)c2cn[nH]c2n1. The number of H-pyrrole nitrogens is 1. The summed E-state index contributed by atoms with van der Waals surface area (Å²) in [5.41, 5.74) is 1.93. The van der Waals surface area contributed by atoms with Crippen molar-refractivity contribution < 1.29 is 0 Å². The van der Waals surface area contributed by atoms with Crippen LogP contribution in [0.1, 0.15) is 38.2 Å². The Morgan fingerprint density at radius 3 is 2.79 bits per heavy atom. The molecular formula is C10H14N4. The third-order valence-electron chi connectivity index (χ3n) is 2.25. The Morgan fingerprint density at radius 2 is 2.14 bits per heavy atom. The van der Waals surface area contributed by atoms with Crippen molar-refractivity contribution in [3.05, 3.63) is 17.7 Å². The van der Waals surface area contributed by atoms with Gasteiger partial charge in [-0.2, -0.15) is 5.10 Å². The van der Waals surface area contributed by atoms with Gasteiger partial charge in [-0.05, 0) is 5.92 Å². The number of aromatic nitrogens is 4. The molecule has 4 heteroatoms. The highest BCUT2D eigenvalue weighted by Gasteiger charge is 2.10. The van der Waals surface area contributed by atoms with Gasteiger partial charge >= 0.3 is 0 Å². The number of aromatic amines is 1. The molecule has 0 aliphatic heterocycles. The van der Waals surface area contributed by atoms with Gasteiger partial charge in [-0.1, -0.05) is 20.8 Å². The van der Waals surface area contributed by atoms with Crippen molar-refractivity contribution in [2.24, 2.45) is 0 Å². The molecule has 14 heavy (non-hydrogen) atoms. The highest BCUT2D eigenvalue weighted by molar-refractivity contribution is 5.76. The van der Waals surface area contributed by atoms with Crippen molar-refractivity contribution in [1.82, 2.24) is 20.2 Å². The molecule has 2 rings (SSSR count). The van der Waals surface area contributed by atoms with Crippen molar-refractivity contribution in [2.45, 2.75) is 33.1 Å². The number of nitrogens with zero attached hydrogens (tertiary/aromatic N) is 3. The summed E-state index contributed by atoms with van der Waals surface area (Å²) in [7, 11) is 0. The number of fused-ring (bicyclic) bond motifs is 1. The van der Waals surface area contributed by atoms with Gasteiger partial charge in [0.25, 0.3) is 0 Å². The maximum atomic E-state index is 4.52. The van der Waals surface area contributed by atoms with E-state index in [4.69, 9.17) is 0 Å². The molecule has 4 nitrogen and oxygen atoms in total. The van der Waals surface area contributed by atoms with Gasteiger partial charge < -0.3 is 0 Å². The van der Waals surface area contributed by atoms with Gasteiger partial charge in [0, 0.05) is 6.42 Å². The first-order chi connectivity index (χ1) is 6.72. The van der Waals surface area contributed by atoms with Gasteiger partial charge in [-0.15, -0.1) is 0 Å². The van der Waals surface area contributed by atoms with Gasteiger partial charge in [0.1, 0.15) is 5.82 Å². The largest absolute Gasteiger partial charge is 0.261 e. The van der Waals surface area contributed by atoms with Gasteiger partial charge in [-0.3, -0.25) is 5.10 Å². The fraction of sp³-hybridized carbons (Fsp3) is 0.500. The lowest BCUT2D eigenvalue weighted by atomic mass is 10.1. The molecule has 2 heterocycles. The van der Waals surface area contributed by atoms with Crippen LogP contribution < -0.4 is 0 Å². The third kappa shape index (κ3) is 1.36. The molecular weight excluding hydrogens is 176 g/mol. The summed E-state index contributed by atoms with van der Waals surface area (Å²) in [6.07, 6.45) is 2.65. The average molecular weight is 190 g/mol. The molecule has 0 radical (unpaired) electrons. The van der Waals surface area contributed by atoms with Crippen LogP contribution in [0, 0.1) is 0 Å². The minimum absolute atomic E-state index is 0.406. The van der Waals surface area contributed by atoms with Crippen molar-refractivity contribution in [3.63, 3.8) is 0 Å². The predicted molar refractivity (Wildman–Crippen MR) is 55.2 cm³/mol. The fourth-order valence-electron chi connectivity index (χ4n) is 1.50. The molecule has 0 amide bonds. The van der Waals surface area contributed by atoms with Crippen LogP contribution in [0.25, 0.3) is 11.0 Å². The molecule has 0 atom stereocenters. The lowest BCUT2D eigenvalue weighted by Crippen LogP contribution is -2.00. The summed E-state index contributed by atoms with van der Waals surface area (Å²) in [5, 5.41) is 7.92. The Bertz CT molecular complexity index is 444. The Morgan fingerprint density at radius 1 is 1.36 bits per heavy atom. The first kappa shape index (κ1) is 9.12. The van der Waals surface area contributed by atoms with E-state index in [9.17, 15) is 0 Å². The zero-order valence-corrected chi connectivity index (χ0v) is 8.70. The van der Waals surface area contributed by atoms with Crippen LogP contribution in [0.4, 0.5) is 0 Å². The summed E-state index contributed by atoms with van der Waals surface area (Å²) in [4.78, 5) is 8.89. The normalized spacial score (nSPS) is 11.4. The maximum absolute atomic E-state index is 4.52. The zero-order chi connectivity index (χ0) is 10.1. The lowest BCUT2D eigenvalue weighted by Gasteiger charge is -2.06. The van der Waals surface area contributed by atoms with Crippen molar-refractivity contribution in [1.29, 1.82) is 0 Å². The smallest absolute Gasteiger partial charge is 0.159 e. The van der Waals surface area contributed by atoms with E-state index in [1.807, 2.05) is 0 Å². The van der Waals surface area contributed by atoms with E-state index < -0.39 is 0 Å². The van der Waals surface area contributed by atoms with Crippen LogP contribution in [-0.2, 0) is 6.42 Å². The number of nitrogens with one attached hydrogen (secondary N) is 1. The molecule has 1 N–H and O–H groups in total. The standard InChI is InChI=1S/C10H14N4/c1-4-8-12-9(6(2)3)7-5-11-14-10(7)13-8/h5-6H,4H2,1-3H3,(H,11,12,13,14). The van der Waals surface area contributed by atoms with E-state index in [0.29, 0.717) is 5.92 Å². The summed E-state index contributed by atoms with van der Waals surface area (Å²) < 4.78 is 0. The quantitative estimate of drug-likeness (QED) is 0.788. The van der Waals surface area contributed by atoms with Crippen LogP contribution in [0.5, 0.6) is 0 Å². The summed E-state index contributed by atoms with van der Waals surface area (Å²) in [5.74, 6) is 1.29. The van der Waals surface area contributed by atoms with E-state index in [1.165, 1.54) is 0 Å². The van der Waals surface area contributed by atoms with Crippen LogP contribution in [-0.4, -0.2) is 20.2 Å². The number of aryl methyl sites for hydroxylation is 1. The summed E-state index contributed by atoms with van der Waals surface area (Å²) >= 11 is 0. The maximum Gasteiger partial charge on any atom is 0.159 e. The molecule has 2 aromatic heterocycles. The van der Waals surface area contributed by atoms with E-state index in [1.54, 1.807) is 6.20 Å². The highest BCUT2D eigenvalue weighted by Crippen LogP contribution is 2.20. The van der Waals surface area contributed by atoms with E-state index >= 15 is 0 Å². The van der Waals surface area contributed by atoms with Gasteiger partial charge in [0.05, 0.1) is 17.3 Å². The molecule has 74 valence electrons. The monoisotopic (exact) mass is 190 g/mol. The molecule has 0 saturated heterocycles. The number of rotatable bonds is 2. The minimum Gasteiger partial charge on any atom is -0.261 e. The van der Waals surface area contributed by atoms with E-state index in [-0.39, 0.29) is 0 Å². The molecule has 0 aliphatic rings. The lowest BCUT2D eigenvalue weighted by molar-refractivity contribution is 0.803. The second-order valence-corrected chi connectivity index (χ2v) is 3.67. The van der Waals surface area contributed by atoms with Gasteiger partial charge in [0.2, 0.25) is 0 Å². The molecule has 0 aromatic carbocycles. The first-order valence-electron chi connectivity index (χ1n) is 4.92. The minimum atomic E-state index is 0.406. The molecule has 2 aromatic rings. The Kier molecular flexibility index (Phi) is 2.19. The molecule has 0 saturated carbocycles. The summed E-state index contributed by atoms with van der Waals surface area (Å²) in [6.45, 7) is 6.32. The van der Waals surface area contributed by atoms with Crippen molar-refractivity contribution in [2.75, 3.05) is 0 Å². The Labute approximate surface area is 82.8 Å². The van der Waals surface area contributed by atoms with Gasteiger partial charge in [0.15, 0.2) is 5.65 Å². The fourth-order valence-corrected chi connectivity index (χ4v) is 1.50. The van der Waals surface area contributed by atoms with E-state index in [2.05, 4.69) is 40.9 Å². The van der Waals surface area contributed by atoms with Crippen molar-refractivity contribution >= 4 is 11.0 Å². The van der Waals surface area contributed by atoms with Crippen LogP contribution in [0.15, 0.2) is 6.20 Å². The molecule has 0 bridgehead atoms. The second kappa shape index (κ2) is 3.36. The second-order valence-electron chi connectivity index (χ2n) is 3.67. The highest BCUT2D eigenvalue weighted by atomic mass is 15.1. The first-order valence-corrected chi connectivity index (χ1v) is 4.92. The predicted octanol–water partition coefficient (Wildman–Crippen LogP) is 2.04. The molecule has 0 aliphatic carbocycles. The Balaban J connectivity index is 2.70. The molecule has 0 spiro atoms. The average Bonchev–Trinajstić information content (AvgIpc) is 2.63. The number of hydrogen-bond acceptors (Lipinski definition) is 3. The Hall–Kier alpha value is -1.45. The molecule has 0 unspecified atom stereocenters. The van der Waals surface area contributed by atoms with E-state index in [0.717, 1.165) is 29.0 Å². The summed E-state index contributed by atoms with van der Waals surface area (Å²) in [6, 6.07) is 0. The van der Waals surface area contributed by atoms with Crippen molar-refractivity contribution in [3.8, 4) is 0 Å². The third-order valence-corrected chi connectivity index (χ3v) is 2.25. The topological polar surface area (TPSA) is 54.5 Å². The van der Waals surface area contributed by atoms with Crippen LogP contribution in [0.2, 0.25) is 0 Å². The van der Waals surface area contributed by atoms with Crippen LogP contribution in [0.3, 0.4) is 0 Å². The zero-order valence-electron chi connectivity index (χ0n) is 8.70. The van der Waals surface area contributed by atoms with Crippen LogP contribution >= 0.6 is 0 Å².